The smallest absolute Gasteiger partial charge is 0.384 e. The molecule has 0 fully saturated rings. The van der Waals surface area contributed by atoms with Crippen molar-refractivity contribution in [3.05, 3.63) is 18.2 Å². The Balaban J connectivity index is 3.22. The molecular formula is C14H16Cl3F3N4O3S2. The van der Waals surface area contributed by atoms with Crippen molar-refractivity contribution >= 4 is 79.3 Å². The second kappa shape index (κ2) is 9.73. The van der Waals surface area contributed by atoms with Crippen LogP contribution in [-0.4, -0.2) is 41.4 Å². The topological polar surface area (TPSA) is 99.3 Å². The first-order chi connectivity index (χ1) is 13.1. The molecule has 15 heteroatoms. The molecule has 1 atom stereocenters. The summed E-state index contributed by atoms with van der Waals surface area (Å²) in [5.41, 5.74) is -5.29. The fourth-order valence-electron chi connectivity index (χ4n) is 1.96. The number of benzene rings is 1. The van der Waals surface area contributed by atoms with Gasteiger partial charge in [0.25, 0.3) is 9.84 Å². The van der Waals surface area contributed by atoms with Gasteiger partial charge in [0.2, 0.25) is 9.70 Å². The molecule has 164 valence electrons. The van der Waals surface area contributed by atoms with E-state index in [0.29, 0.717) is 6.54 Å². The summed E-state index contributed by atoms with van der Waals surface area (Å²) >= 11 is 22.3. The van der Waals surface area contributed by atoms with Crippen molar-refractivity contribution in [1.82, 2.24) is 10.6 Å². The van der Waals surface area contributed by atoms with E-state index < -0.39 is 36.1 Å². The lowest BCUT2D eigenvalue weighted by atomic mass is 10.2. The van der Waals surface area contributed by atoms with Crippen LogP contribution in [0.25, 0.3) is 0 Å². The normalized spacial score (nSPS) is 13.4. The monoisotopic (exact) mass is 514 g/mol. The SMILES string of the molecule is CCNc1ccc(S(=O)(=O)C(F)(F)F)cc1NC(=S)NC(NC(C)=O)C(Cl)(Cl)Cl. The average Bonchev–Trinajstić information content (AvgIpc) is 2.53. The van der Waals surface area contributed by atoms with Crippen LogP contribution in [0.15, 0.2) is 23.1 Å². The molecule has 1 aromatic carbocycles. The van der Waals surface area contributed by atoms with E-state index in [0.717, 1.165) is 25.1 Å². The maximum absolute atomic E-state index is 12.8. The molecule has 0 saturated carbocycles. The summed E-state index contributed by atoms with van der Waals surface area (Å²) in [4.78, 5) is 10.3. The molecule has 4 N–H and O–H groups in total. The molecule has 0 heterocycles. The van der Waals surface area contributed by atoms with E-state index in [9.17, 15) is 26.4 Å². The summed E-state index contributed by atoms with van der Waals surface area (Å²) in [5.74, 6) is -0.553. The maximum atomic E-state index is 12.8. The van der Waals surface area contributed by atoms with Crippen molar-refractivity contribution in [1.29, 1.82) is 0 Å². The van der Waals surface area contributed by atoms with Crippen LogP contribution in [0.4, 0.5) is 24.5 Å². The number of sulfone groups is 1. The Labute approximate surface area is 185 Å². The van der Waals surface area contributed by atoms with Crippen molar-refractivity contribution in [2.45, 2.75) is 34.2 Å². The van der Waals surface area contributed by atoms with E-state index in [4.69, 9.17) is 47.0 Å². The van der Waals surface area contributed by atoms with Gasteiger partial charge in [-0.2, -0.15) is 13.2 Å². The first kappa shape index (κ1) is 25.8. The summed E-state index contributed by atoms with van der Waals surface area (Å²) < 4.78 is 59.8. The number of hydrogen-bond acceptors (Lipinski definition) is 5. The van der Waals surface area contributed by atoms with Crippen LogP contribution in [0.3, 0.4) is 0 Å². The third kappa shape index (κ3) is 7.21. The van der Waals surface area contributed by atoms with E-state index >= 15 is 0 Å². The highest BCUT2D eigenvalue weighted by Crippen LogP contribution is 2.34. The minimum Gasteiger partial charge on any atom is -0.384 e. The number of carbonyl (C=O) groups is 1. The Hall–Kier alpha value is -1.21. The standard InChI is InChI=1S/C14H16Cl3F3N4O3S2/c1-3-21-9-5-4-8(29(26,27)14(18,19)20)6-10(9)23-12(28)24-11(13(15,16)17)22-7(2)25/h4-6,11,21H,3H2,1-2H3,(H,22,25)(H2,23,24,28). The second-order valence-electron chi connectivity index (χ2n) is 5.46. The summed E-state index contributed by atoms with van der Waals surface area (Å²) in [6.45, 7) is 3.26. The molecule has 0 saturated heterocycles. The van der Waals surface area contributed by atoms with Crippen LogP contribution in [0.2, 0.25) is 0 Å². The van der Waals surface area contributed by atoms with Crippen LogP contribution in [-0.2, 0) is 14.6 Å². The summed E-state index contributed by atoms with van der Waals surface area (Å²) in [6, 6.07) is 2.72. The molecule has 0 radical (unpaired) electrons. The number of hydrogen-bond donors (Lipinski definition) is 4. The summed E-state index contributed by atoms with van der Waals surface area (Å²) in [5, 5.41) is 9.91. The van der Waals surface area contributed by atoms with Gasteiger partial charge in [-0.1, -0.05) is 34.8 Å². The molecule has 0 spiro atoms. The van der Waals surface area contributed by atoms with Crippen LogP contribution >= 0.6 is 47.0 Å². The highest BCUT2D eigenvalue weighted by atomic mass is 35.6. The number of nitrogens with one attached hydrogen (secondary N) is 4. The van der Waals surface area contributed by atoms with Gasteiger partial charge in [0, 0.05) is 13.5 Å². The molecule has 1 amide bonds. The number of anilines is 2. The van der Waals surface area contributed by atoms with E-state index in [1.807, 2.05) is 0 Å². The molecule has 0 aliphatic heterocycles. The maximum Gasteiger partial charge on any atom is 0.501 e. The van der Waals surface area contributed by atoms with Crippen LogP contribution in [0.1, 0.15) is 13.8 Å². The Bertz CT molecular complexity index is 877. The number of carbonyl (C=O) groups excluding carboxylic acids is 1. The number of rotatable bonds is 6. The van der Waals surface area contributed by atoms with Crippen molar-refractivity contribution in [2.24, 2.45) is 0 Å². The molecular weight excluding hydrogens is 500 g/mol. The Morgan fingerprint density at radius 3 is 2.21 bits per heavy atom. The third-order valence-corrected chi connectivity index (χ3v) is 5.53. The van der Waals surface area contributed by atoms with Crippen LogP contribution in [0, 0.1) is 0 Å². The molecule has 1 rings (SSSR count). The van der Waals surface area contributed by atoms with E-state index in [-0.39, 0.29) is 16.5 Å². The van der Waals surface area contributed by atoms with Gasteiger partial charge in [0.1, 0.15) is 6.17 Å². The van der Waals surface area contributed by atoms with Gasteiger partial charge < -0.3 is 21.3 Å². The first-order valence-electron chi connectivity index (χ1n) is 7.70. The molecule has 0 bridgehead atoms. The molecule has 7 nitrogen and oxygen atoms in total. The highest BCUT2D eigenvalue weighted by Gasteiger charge is 2.47. The molecule has 0 aromatic heterocycles. The Morgan fingerprint density at radius 1 is 1.17 bits per heavy atom. The van der Waals surface area contributed by atoms with Gasteiger partial charge in [0.05, 0.1) is 16.3 Å². The van der Waals surface area contributed by atoms with E-state index in [1.165, 1.54) is 0 Å². The minimum absolute atomic E-state index is 0.0828. The van der Waals surface area contributed by atoms with Crippen molar-refractivity contribution in [3.8, 4) is 0 Å². The number of amides is 1. The zero-order valence-electron chi connectivity index (χ0n) is 14.8. The van der Waals surface area contributed by atoms with Crippen molar-refractivity contribution in [2.75, 3.05) is 17.2 Å². The summed E-state index contributed by atoms with van der Waals surface area (Å²) in [7, 11) is -5.58. The Kier molecular flexibility index (Phi) is 8.67. The van der Waals surface area contributed by atoms with Gasteiger partial charge in [-0.15, -0.1) is 0 Å². The predicted molar refractivity (Wildman–Crippen MR) is 111 cm³/mol. The minimum atomic E-state index is -5.58. The first-order valence-corrected chi connectivity index (χ1v) is 10.7. The van der Waals surface area contributed by atoms with Gasteiger partial charge in [-0.05, 0) is 37.3 Å². The Morgan fingerprint density at radius 2 is 1.76 bits per heavy atom. The molecule has 1 aromatic rings. The molecule has 0 aliphatic rings. The lowest BCUT2D eigenvalue weighted by molar-refractivity contribution is -0.119. The van der Waals surface area contributed by atoms with Crippen LogP contribution in [0.5, 0.6) is 0 Å². The van der Waals surface area contributed by atoms with Gasteiger partial charge in [-0.3, -0.25) is 4.79 Å². The second-order valence-corrected chi connectivity index (χ2v) is 10.2. The van der Waals surface area contributed by atoms with Crippen LogP contribution < -0.4 is 21.3 Å². The predicted octanol–water partition coefficient (Wildman–Crippen LogP) is 3.53. The molecule has 0 aliphatic carbocycles. The van der Waals surface area contributed by atoms with Gasteiger partial charge in [0.15, 0.2) is 5.11 Å². The third-order valence-electron chi connectivity index (χ3n) is 3.17. The average molecular weight is 516 g/mol. The fraction of sp³-hybridized carbons (Fsp3) is 0.429. The number of halogens is 6. The van der Waals surface area contributed by atoms with Crippen molar-refractivity contribution < 1.29 is 26.4 Å². The zero-order chi connectivity index (χ0) is 22.6. The highest BCUT2D eigenvalue weighted by molar-refractivity contribution is 7.92. The van der Waals surface area contributed by atoms with Gasteiger partial charge >= 0.3 is 5.51 Å². The van der Waals surface area contributed by atoms with E-state index in [1.54, 1.807) is 6.92 Å². The number of thiocarbonyl (C=S) groups is 1. The lowest BCUT2D eigenvalue weighted by Crippen LogP contribution is -2.55. The van der Waals surface area contributed by atoms with Gasteiger partial charge in [-0.25, -0.2) is 8.42 Å². The van der Waals surface area contributed by atoms with Crippen molar-refractivity contribution in [3.63, 3.8) is 0 Å². The summed E-state index contributed by atoms with van der Waals surface area (Å²) in [6.07, 6.45) is -1.28. The lowest BCUT2D eigenvalue weighted by Gasteiger charge is -2.27. The number of alkyl halides is 6. The quantitative estimate of drug-likeness (QED) is 0.261. The zero-order valence-corrected chi connectivity index (χ0v) is 18.7. The molecule has 29 heavy (non-hydrogen) atoms. The van der Waals surface area contributed by atoms with E-state index in [2.05, 4.69) is 21.3 Å². The fourth-order valence-corrected chi connectivity index (χ4v) is 3.31. The largest absolute Gasteiger partial charge is 0.501 e. The molecule has 1 unspecified atom stereocenters.